The molecule has 0 aliphatic rings. The van der Waals surface area contributed by atoms with Gasteiger partial charge in [-0.05, 0) is 36.4 Å². The van der Waals surface area contributed by atoms with Gasteiger partial charge in [-0.2, -0.15) is 0 Å². The summed E-state index contributed by atoms with van der Waals surface area (Å²) in [7, 11) is 0. The van der Waals surface area contributed by atoms with E-state index in [1.165, 1.54) is 6.07 Å². The summed E-state index contributed by atoms with van der Waals surface area (Å²) >= 11 is 0. The van der Waals surface area contributed by atoms with Crippen LogP contribution in [0.25, 0.3) is 11.0 Å². The molecule has 0 amide bonds. The van der Waals surface area contributed by atoms with Crippen LogP contribution in [-0.4, -0.2) is 0 Å². The van der Waals surface area contributed by atoms with E-state index in [0.29, 0.717) is 17.9 Å². The molecule has 0 saturated carbocycles. The molecule has 0 fully saturated rings. The predicted molar refractivity (Wildman–Crippen MR) is 99.8 cm³/mol. The van der Waals surface area contributed by atoms with Gasteiger partial charge in [0, 0.05) is 23.1 Å². The Morgan fingerprint density at radius 2 is 1.54 bits per heavy atom. The summed E-state index contributed by atoms with van der Waals surface area (Å²) in [6.07, 6.45) is 0. The summed E-state index contributed by atoms with van der Waals surface area (Å²) in [5.74, 6) is 2.14. The summed E-state index contributed by atoms with van der Waals surface area (Å²) < 4.78 is 17.0. The fourth-order valence-electron chi connectivity index (χ4n) is 2.63. The van der Waals surface area contributed by atoms with Crippen molar-refractivity contribution in [3.63, 3.8) is 0 Å². The molecule has 3 aromatic carbocycles. The van der Waals surface area contributed by atoms with E-state index < -0.39 is 0 Å². The Morgan fingerprint density at radius 1 is 0.769 bits per heavy atom. The number of rotatable bonds is 5. The standard InChI is InChI=1S/C22H16O4/c23-22-13-11-16-10-12-19(14-21(16)26-22)24-15-17-6-4-5-9-20(17)25-18-7-2-1-3-8-18/h1-14H,15H2. The van der Waals surface area contributed by atoms with Gasteiger partial charge in [0.15, 0.2) is 0 Å². The van der Waals surface area contributed by atoms with Gasteiger partial charge in [0.25, 0.3) is 0 Å². The highest BCUT2D eigenvalue weighted by Gasteiger charge is 2.06. The monoisotopic (exact) mass is 344 g/mol. The maximum atomic E-state index is 11.4. The average molecular weight is 344 g/mol. The van der Waals surface area contributed by atoms with Crippen LogP contribution in [0.2, 0.25) is 0 Å². The van der Waals surface area contributed by atoms with Gasteiger partial charge in [0.2, 0.25) is 0 Å². The van der Waals surface area contributed by atoms with Crippen LogP contribution in [0.3, 0.4) is 0 Å². The van der Waals surface area contributed by atoms with Crippen LogP contribution in [-0.2, 0) is 6.61 Å². The van der Waals surface area contributed by atoms with Gasteiger partial charge in [-0.1, -0.05) is 36.4 Å². The van der Waals surface area contributed by atoms with Crippen LogP contribution in [0.15, 0.2) is 94.1 Å². The van der Waals surface area contributed by atoms with Gasteiger partial charge in [0.05, 0.1) is 0 Å². The van der Waals surface area contributed by atoms with Gasteiger partial charge in [-0.3, -0.25) is 0 Å². The highest BCUT2D eigenvalue weighted by Crippen LogP contribution is 2.27. The molecule has 0 spiro atoms. The second-order valence-electron chi connectivity index (χ2n) is 5.77. The summed E-state index contributed by atoms with van der Waals surface area (Å²) in [5.41, 5.74) is 1.05. The Kier molecular flexibility index (Phi) is 4.39. The summed E-state index contributed by atoms with van der Waals surface area (Å²) in [6, 6.07) is 25.9. The maximum Gasteiger partial charge on any atom is 0.336 e. The zero-order valence-corrected chi connectivity index (χ0v) is 13.9. The Labute approximate surface area is 150 Å². The van der Waals surface area contributed by atoms with Crippen LogP contribution in [0.1, 0.15) is 5.56 Å². The lowest BCUT2D eigenvalue weighted by atomic mass is 10.2. The van der Waals surface area contributed by atoms with Gasteiger partial charge < -0.3 is 13.9 Å². The normalized spacial score (nSPS) is 10.6. The van der Waals surface area contributed by atoms with Crippen LogP contribution in [0.5, 0.6) is 17.2 Å². The zero-order chi connectivity index (χ0) is 17.8. The van der Waals surface area contributed by atoms with Crippen molar-refractivity contribution in [2.75, 3.05) is 0 Å². The molecule has 1 heterocycles. The molecule has 0 N–H and O–H groups in total. The molecule has 0 saturated heterocycles. The lowest BCUT2D eigenvalue weighted by Gasteiger charge is -2.12. The molecule has 0 aliphatic carbocycles. The van der Waals surface area contributed by atoms with Crippen molar-refractivity contribution in [1.82, 2.24) is 0 Å². The molecule has 0 bridgehead atoms. The first-order valence-corrected chi connectivity index (χ1v) is 8.25. The smallest absolute Gasteiger partial charge is 0.336 e. The van der Waals surface area contributed by atoms with Crippen LogP contribution in [0, 0.1) is 0 Å². The van der Waals surface area contributed by atoms with Crippen molar-refractivity contribution in [3.05, 3.63) is 101 Å². The Hall–Kier alpha value is -3.53. The van der Waals surface area contributed by atoms with E-state index in [-0.39, 0.29) is 5.63 Å². The summed E-state index contributed by atoms with van der Waals surface area (Å²) in [6.45, 7) is 0.339. The van der Waals surface area contributed by atoms with E-state index in [0.717, 1.165) is 22.4 Å². The minimum atomic E-state index is -0.378. The molecule has 0 aliphatic heterocycles. The third-order valence-corrected chi connectivity index (χ3v) is 3.93. The van der Waals surface area contributed by atoms with Crippen LogP contribution < -0.4 is 15.1 Å². The summed E-state index contributed by atoms with van der Waals surface area (Å²) in [4.78, 5) is 11.4. The molecule has 0 radical (unpaired) electrons. The molecule has 26 heavy (non-hydrogen) atoms. The molecular formula is C22H16O4. The lowest BCUT2D eigenvalue weighted by molar-refractivity contribution is 0.300. The van der Waals surface area contributed by atoms with Crippen molar-refractivity contribution in [2.45, 2.75) is 6.61 Å². The number of benzene rings is 3. The van der Waals surface area contributed by atoms with Crippen molar-refractivity contribution < 1.29 is 13.9 Å². The first-order chi connectivity index (χ1) is 12.8. The van der Waals surface area contributed by atoms with Crippen molar-refractivity contribution in [2.24, 2.45) is 0 Å². The third-order valence-electron chi connectivity index (χ3n) is 3.93. The fourth-order valence-corrected chi connectivity index (χ4v) is 2.63. The largest absolute Gasteiger partial charge is 0.489 e. The number of fused-ring (bicyclic) bond motifs is 1. The maximum absolute atomic E-state index is 11.4. The minimum absolute atomic E-state index is 0.339. The quantitative estimate of drug-likeness (QED) is 0.469. The number of hydrogen-bond acceptors (Lipinski definition) is 4. The molecule has 4 aromatic rings. The second kappa shape index (κ2) is 7.15. The number of ether oxygens (including phenoxy) is 2. The lowest BCUT2D eigenvalue weighted by Crippen LogP contribution is -1.99. The van der Waals surface area contributed by atoms with E-state index in [2.05, 4.69) is 0 Å². The van der Waals surface area contributed by atoms with E-state index in [4.69, 9.17) is 13.9 Å². The highest BCUT2D eigenvalue weighted by atomic mass is 16.5. The predicted octanol–water partition coefficient (Wildman–Crippen LogP) is 5.16. The highest BCUT2D eigenvalue weighted by molar-refractivity contribution is 5.77. The molecule has 4 rings (SSSR count). The first-order valence-electron chi connectivity index (χ1n) is 8.25. The molecular weight excluding hydrogens is 328 g/mol. The summed E-state index contributed by atoms with van der Waals surface area (Å²) in [5, 5.41) is 0.852. The SMILES string of the molecule is O=c1ccc2ccc(OCc3ccccc3Oc3ccccc3)cc2o1. The van der Waals surface area contributed by atoms with Crippen LogP contribution >= 0.6 is 0 Å². The van der Waals surface area contributed by atoms with E-state index in [9.17, 15) is 4.79 Å². The van der Waals surface area contributed by atoms with Crippen molar-refractivity contribution in [1.29, 1.82) is 0 Å². The molecule has 128 valence electrons. The Bertz CT molecular complexity index is 1080. The van der Waals surface area contributed by atoms with Gasteiger partial charge >= 0.3 is 5.63 Å². The van der Waals surface area contributed by atoms with Gasteiger partial charge in [-0.25, -0.2) is 4.79 Å². The van der Waals surface area contributed by atoms with E-state index in [1.54, 1.807) is 12.1 Å². The molecule has 0 unspecified atom stereocenters. The number of para-hydroxylation sites is 2. The molecule has 0 atom stereocenters. The topological polar surface area (TPSA) is 48.7 Å². The van der Waals surface area contributed by atoms with E-state index >= 15 is 0 Å². The molecule has 1 aromatic heterocycles. The third kappa shape index (κ3) is 3.59. The Morgan fingerprint density at radius 3 is 2.42 bits per heavy atom. The van der Waals surface area contributed by atoms with Crippen LogP contribution in [0.4, 0.5) is 0 Å². The molecule has 4 nitrogen and oxygen atoms in total. The zero-order valence-electron chi connectivity index (χ0n) is 13.9. The first kappa shape index (κ1) is 16.0. The number of hydrogen-bond donors (Lipinski definition) is 0. The minimum Gasteiger partial charge on any atom is -0.489 e. The van der Waals surface area contributed by atoms with Gasteiger partial charge in [-0.15, -0.1) is 0 Å². The second-order valence-corrected chi connectivity index (χ2v) is 5.77. The van der Waals surface area contributed by atoms with E-state index in [1.807, 2.05) is 66.7 Å². The molecule has 4 heteroatoms. The average Bonchev–Trinajstić information content (AvgIpc) is 2.68. The van der Waals surface area contributed by atoms with Crippen molar-refractivity contribution in [3.8, 4) is 17.2 Å². The van der Waals surface area contributed by atoms with Gasteiger partial charge in [0.1, 0.15) is 29.4 Å². The fraction of sp³-hybridized carbons (Fsp3) is 0.0455. The Balaban J connectivity index is 1.54. The van der Waals surface area contributed by atoms with Crippen molar-refractivity contribution >= 4 is 11.0 Å².